The molecule has 0 radical (unpaired) electrons. The van der Waals surface area contributed by atoms with Gasteiger partial charge >= 0.3 is 0 Å². The van der Waals surface area contributed by atoms with Crippen molar-refractivity contribution < 1.29 is 0 Å². The van der Waals surface area contributed by atoms with Crippen molar-refractivity contribution in [2.24, 2.45) is 0 Å². The van der Waals surface area contributed by atoms with Gasteiger partial charge in [0, 0.05) is 32.7 Å². The van der Waals surface area contributed by atoms with Gasteiger partial charge in [0.25, 0.3) is 0 Å². The molecular formula is C47H29N5. The molecule has 0 saturated heterocycles. The Labute approximate surface area is 298 Å². The van der Waals surface area contributed by atoms with Crippen molar-refractivity contribution in [1.29, 1.82) is 0 Å². The minimum Gasteiger partial charge on any atom is -0.309 e. The van der Waals surface area contributed by atoms with Crippen molar-refractivity contribution in [2.45, 2.75) is 0 Å². The normalized spacial score (nSPS) is 11.8. The number of nitrogens with zero attached hydrogens (tertiary/aromatic N) is 5. The lowest BCUT2D eigenvalue weighted by Crippen LogP contribution is -2.07. The van der Waals surface area contributed by atoms with Gasteiger partial charge in [-0.1, -0.05) is 133 Å². The number of hydrogen-bond donors (Lipinski definition) is 0. The van der Waals surface area contributed by atoms with Crippen LogP contribution in [0.4, 0.5) is 0 Å². The SMILES string of the molecule is c1ccc(-n2c3ccccc3c3ccccc32)c(-c2nc(-c3ccc4c(ccc5ccccc54)c3)nc(-n3c4ccccc4c4ccccc43)n2)c1. The zero-order valence-corrected chi connectivity index (χ0v) is 28.0. The molecule has 3 aromatic heterocycles. The molecule has 242 valence electrons. The lowest BCUT2D eigenvalue weighted by atomic mass is 10.00. The summed E-state index contributed by atoms with van der Waals surface area (Å²) in [7, 11) is 0. The molecule has 0 bridgehead atoms. The molecule has 0 N–H and O–H groups in total. The van der Waals surface area contributed by atoms with Crippen molar-refractivity contribution >= 4 is 65.2 Å². The van der Waals surface area contributed by atoms with E-state index in [4.69, 9.17) is 15.0 Å². The minimum absolute atomic E-state index is 0.577. The molecule has 0 amide bonds. The summed E-state index contributed by atoms with van der Waals surface area (Å²) in [5.41, 5.74) is 7.23. The van der Waals surface area contributed by atoms with Crippen LogP contribution in [-0.4, -0.2) is 24.1 Å². The molecule has 0 atom stereocenters. The fourth-order valence-corrected chi connectivity index (χ4v) is 8.04. The molecule has 0 aliphatic rings. The molecule has 0 spiro atoms. The van der Waals surface area contributed by atoms with E-state index in [0.717, 1.165) is 55.0 Å². The van der Waals surface area contributed by atoms with Crippen molar-refractivity contribution in [2.75, 3.05) is 0 Å². The van der Waals surface area contributed by atoms with Crippen LogP contribution >= 0.6 is 0 Å². The van der Waals surface area contributed by atoms with Crippen LogP contribution in [0.15, 0.2) is 176 Å². The van der Waals surface area contributed by atoms with E-state index in [-0.39, 0.29) is 0 Å². The monoisotopic (exact) mass is 663 g/mol. The van der Waals surface area contributed by atoms with E-state index in [0.29, 0.717) is 17.6 Å². The number of rotatable bonds is 4. The van der Waals surface area contributed by atoms with Crippen LogP contribution in [0.1, 0.15) is 0 Å². The fraction of sp³-hybridized carbons (Fsp3) is 0. The quantitative estimate of drug-likeness (QED) is 0.176. The van der Waals surface area contributed by atoms with Gasteiger partial charge in [0.15, 0.2) is 11.6 Å². The summed E-state index contributed by atoms with van der Waals surface area (Å²) in [6, 6.07) is 62.0. The van der Waals surface area contributed by atoms with E-state index in [1.54, 1.807) is 0 Å². The van der Waals surface area contributed by atoms with Crippen molar-refractivity contribution in [3.05, 3.63) is 176 Å². The van der Waals surface area contributed by atoms with Gasteiger partial charge in [0.2, 0.25) is 5.95 Å². The smallest absolute Gasteiger partial charge is 0.238 e. The summed E-state index contributed by atoms with van der Waals surface area (Å²) in [5.74, 6) is 1.81. The second kappa shape index (κ2) is 11.2. The molecule has 0 fully saturated rings. The third-order valence-corrected chi connectivity index (χ3v) is 10.4. The first-order valence-electron chi connectivity index (χ1n) is 17.5. The first-order valence-corrected chi connectivity index (χ1v) is 17.5. The number of benzene rings is 8. The molecule has 11 rings (SSSR count). The maximum absolute atomic E-state index is 5.33. The Kier molecular flexibility index (Phi) is 6.18. The van der Waals surface area contributed by atoms with E-state index in [9.17, 15) is 0 Å². The third kappa shape index (κ3) is 4.26. The molecule has 0 unspecified atom stereocenters. The van der Waals surface area contributed by atoms with Gasteiger partial charge in [-0.15, -0.1) is 0 Å². The van der Waals surface area contributed by atoms with Gasteiger partial charge in [0.1, 0.15) is 0 Å². The van der Waals surface area contributed by atoms with Gasteiger partial charge in [0.05, 0.1) is 27.8 Å². The highest BCUT2D eigenvalue weighted by Crippen LogP contribution is 2.37. The molecule has 0 saturated carbocycles. The second-order valence-electron chi connectivity index (χ2n) is 13.3. The highest BCUT2D eigenvalue weighted by Gasteiger charge is 2.21. The van der Waals surface area contributed by atoms with Crippen LogP contribution in [0, 0.1) is 0 Å². The van der Waals surface area contributed by atoms with Gasteiger partial charge in [-0.25, -0.2) is 4.98 Å². The van der Waals surface area contributed by atoms with Crippen molar-refractivity contribution in [3.63, 3.8) is 0 Å². The van der Waals surface area contributed by atoms with Crippen LogP contribution in [0.3, 0.4) is 0 Å². The van der Waals surface area contributed by atoms with Gasteiger partial charge in [-0.05, 0) is 64.0 Å². The van der Waals surface area contributed by atoms with Gasteiger partial charge < -0.3 is 4.57 Å². The second-order valence-corrected chi connectivity index (χ2v) is 13.3. The predicted molar refractivity (Wildman–Crippen MR) is 214 cm³/mol. The largest absolute Gasteiger partial charge is 0.309 e. The highest BCUT2D eigenvalue weighted by atomic mass is 15.2. The lowest BCUT2D eigenvalue weighted by Gasteiger charge is -2.15. The van der Waals surface area contributed by atoms with E-state index in [1.807, 2.05) is 0 Å². The Morgan fingerprint density at radius 1 is 0.327 bits per heavy atom. The first-order chi connectivity index (χ1) is 25.8. The fourth-order valence-electron chi connectivity index (χ4n) is 8.04. The molecule has 5 nitrogen and oxygen atoms in total. The summed E-state index contributed by atoms with van der Waals surface area (Å²) in [5, 5.41) is 9.53. The van der Waals surface area contributed by atoms with Crippen LogP contribution < -0.4 is 0 Å². The Morgan fingerprint density at radius 2 is 0.808 bits per heavy atom. The maximum Gasteiger partial charge on any atom is 0.238 e. The average molecular weight is 664 g/mol. The summed E-state index contributed by atoms with van der Waals surface area (Å²) >= 11 is 0. The number of fused-ring (bicyclic) bond motifs is 9. The third-order valence-electron chi connectivity index (χ3n) is 10.4. The van der Waals surface area contributed by atoms with Crippen molar-refractivity contribution in [1.82, 2.24) is 24.1 Å². The average Bonchev–Trinajstić information content (AvgIpc) is 3.73. The maximum atomic E-state index is 5.33. The molecule has 52 heavy (non-hydrogen) atoms. The zero-order valence-electron chi connectivity index (χ0n) is 28.0. The molecule has 11 aromatic rings. The summed E-state index contributed by atoms with van der Waals surface area (Å²) in [6.07, 6.45) is 0. The van der Waals surface area contributed by atoms with E-state index >= 15 is 0 Å². The predicted octanol–water partition coefficient (Wildman–Crippen LogP) is 11.7. The Morgan fingerprint density at radius 3 is 1.46 bits per heavy atom. The minimum atomic E-state index is 0.577. The Hall–Kier alpha value is -7.11. The molecular weight excluding hydrogens is 635 g/mol. The van der Waals surface area contributed by atoms with Crippen LogP contribution in [0.5, 0.6) is 0 Å². The van der Waals surface area contributed by atoms with Gasteiger partial charge in [-0.2, -0.15) is 9.97 Å². The Balaban J connectivity index is 1.21. The van der Waals surface area contributed by atoms with Crippen molar-refractivity contribution in [3.8, 4) is 34.4 Å². The summed E-state index contributed by atoms with van der Waals surface area (Å²) in [6.45, 7) is 0. The number of aromatic nitrogens is 5. The molecule has 8 aromatic carbocycles. The van der Waals surface area contributed by atoms with Crippen LogP contribution in [0.25, 0.3) is 99.6 Å². The lowest BCUT2D eigenvalue weighted by molar-refractivity contribution is 0.952. The Bertz CT molecular complexity index is 3100. The van der Waals surface area contributed by atoms with E-state index < -0.39 is 0 Å². The molecule has 0 aliphatic carbocycles. The summed E-state index contributed by atoms with van der Waals surface area (Å²) in [4.78, 5) is 15.9. The number of para-hydroxylation sites is 5. The molecule has 5 heteroatoms. The number of hydrogen-bond acceptors (Lipinski definition) is 3. The van der Waals surface area contributed by atoms with E-state index in [1.165, 1.54) is 26.9 Å². The van der Waals surface area contributed by atoms with E-state index in [2.05, 4.69) is 185 Å². The standard InChI is InChI=1S/C47H29N5/c1-2-14-33-30(13-1)25-26-31-29-32(27-28-34(31)33)45-48-46(50-47(49-45)52-42-22-10-5-17-37(42)38-18-6-11-23-43(38)52)39-19-7-12-24-44(39)51-40-20-8-3-15-35(40)36-16-4-9-21-41(36)51/h1-29H. The van der Waals surface area contributed by atoms with Crippen LogP contribution in [0.2, 0.25) is 0 Å². The van der Waals surface area contributed by atoms with Gasteiger partial charge in [-0.3, -0.25) is 4.57 Å². The topological polar surface area (TPSA) is 48.5 Å². The first kappa shape index (κ1) is 28.7. The molecule has 3 heterocycles. The van der Waals surface area contributed by atoms with Crippen LogP contribution in [-0.2, 0) is 0 Å². The zero-order chi connectivity index (χ0) is 34.2. The summed E-state index contributed by atoms with van der Waals surface area (Å²) < 4.78 is 4.52. The highest BCUT2D eigenvalue weighted by molar-refractivity contribution is 6.11. The molecule has 0 aliphatic heterocycles.